The van der Waals surface area contributed by atoms with Crippen LogP contribution >= 0.6 is 0 Å². The summed E-state index contributed by atoms with van der Waals surface area (Å²) in [5, 5.41) is 4.38. The van der Waals surface area contributed by atoms with Crippen molar-refractivity contribution in [2.24, 2.45) is 0 Å². The molecular formula is C22H28N4O2. The quantitative estimate of drug-likeness (QED) is 0.800. The van der Waals surface area contributed by atoms with Gasteiger partial charge in [0.1, 0.15) is 11.9 Å². The molecule has 5 rings (SSSR count). The highest BCUT2D eigenvalue weighted by Crippen LogP contribution is 2.29. The van der Waals surface area contributed by atoms with Crippen LogP contribution in [-0.4, -0.2) is 63.8 Å². The third kappa shape index (κ3) is 3.53. The van der Waals surface area contributed by atoms with Gasteiger partial charge in [-0.3, -0.25) is 9.69 Å². The maximum atomic E-state index is 12.5. The van der Waals surface area contributed by atoms with Gasteiger partial charge < -0.3 is 9.64 Å². The van der Waals surface area contributed by atoms with E-state index in [0.29, 0.717) is 11.7 Å². The van der Waals surface area contributed by atoms with Crippen molar-refractivity contribution in [1.29, 1.82) is 0 Å². The highest BCUT2D eigenvalue weighted by atomic mass is 16.5. The van der Waals surface area contributed by atoms with Gasteiger partial charge in [0.25, 0.3) is 5.91 Å². The van der Waals surface area contributed by atoms with Crippen molar-refractivity contribution < 1.29 is 9.53 Å². The first-order valence-electron chi connectivity index (χ1n) is 10.6. The number of hydrogen-bond acceptors (Lipinski definition) is 4. The molecule has 6 nitrogen and oxygen atoms in total. The molecule has 28 heavy (non-hydrogen) atoms. The van der Waals surface area contributed by atoms with Crippen LogP contribution in [0.25, 0.3) is 5.69 Å². The third-order valence-electron chi connectivity index (χ3n) is 6.39. The number of nitrogens with zero attached hydrogens (tertiary/aromatic N) is 4. The fourth-order valence-corrected chi connectivity index (χ4v) is 4.48. The van der Waals surface area contributed by atoms with Crippen LogP contribution in [-0.2, 0) is 0 Å². The summed E-state index contributed by atoms with van der Waals surface area (Å²) in [6.07, 6.45) is 11.2. The number of carbonyl (C=O) groups excluding carboxylic acids is 1. The van der Waals surface area contributed by atoms with Gasteiger partial charge >= 0.3 is 0 Å². The molecule has 2 saturated heterocycles. The molecule has 0 N–H and O–H groups in total. The van der Waals surface area contributed by atoms with E-state index in [2.05, 4.69) is 10.00 Å². The zero-order valence-electron chi connectivity index (χ0n) is 16.3. The molecule has 3 fully saturated rings. The smallest absolute Gasteiger partial charge is 0.257 e. The molecule has 2 aromatic rings. The number of hydrogen-bond donors (Lipinski definition) is 0. The largest absolute Gasteiger partial charge is 0.489 e. The Morgan fingerprint density at radius 2 is 1.79 bits per heavy atom. The second-order valence-electron chi connectivity index (χ2n) is 8.27. The minimum atomic E-state index is 0.0842. The number of amides is 1. The first-order chi connectivity index (χ1) is 13.8. The fourth-order valence-electron chi connectivity index (χ4n) is 4.48. The second kappa shape index (κ2) is 7.59. The molecule has 1 saturated carbocycles. The van der Waals surface area contributed by atoms with Crippen LogP contribution in [0.15, 0.2) is 36.7 Å². The molecule has 1 aromatic heterocycles. The van der Waals surface area contributed by atoms with Crippen molar-refractivity contribution in [2.45, 2.75) is 50.7 Å². The molecule has 3 heterocycles. The average molecular weight is 380 g/mol. The van der Waals surface area contributed by atoms with Crippen LogP contribution in [0, 0.1) is 0 Å². The molecule has 6 heteroatoms. The lowest BCUT2D eigenvalue weighted by Gasteiger charge is -2.34. The van der Waals surface area contributed by atoms with Gasteiger partial charge in [-0.1, -0.05) is 6.42 Å². The Balaban J connectivity index is 1.20. The van der Waals surface area contributed by atoms with Crippen molar-refractivity contribution in [3.05, 3.63) is 42.2 Å². The molecule has 0 spiro atoms. The van der Waals surface area contributed by atoms with E-state index in [1.165, 1.54) is 19.3 Å². The highest BCUT2D eigenvalue weighted by Gasteiger charge is 2.32. The van der Waals surface area contributed by atoms with Gasteiger partial charge in [-0.2, -0.15) is 5.10 Å². The Hall–Kier alpha value is -2.34. The first-order valence-corrected chi connectivity index (χ1v) is 10.6. The summed E-state index contributed by atoms with van der Waals surface area (Å²) in [7, 11) is 0. The van der Waals surface area contributed by atoms with Crippen molar-refractivity contribution in [2.75, 3.05) is 26.2 Å². The third-order valence-corrected chi connectivity index (χ3v) is 6.39. The lowest BCUT2D eigenvalue weighted by molar-refractivity contribution is 0.0793. The topological polar surface area (TPSA) is 50.6 Å². The minimum absolute atomic E-state index is 0.0842. The van der Waals surface area contributed by atoms with Crippen LogP contribution < -0.4 is 4.74 Å². The predicted molar refractivity (Wildman–Crippen MR) is 107 cm³/mol. The number of likely N-dealkylation sites (tertiary alicyclic amines) is 2. The number of benzene rings is 1. The molecule has 0 bridgehead atoms. The normalized spacial score (nSPS) is 23.1. The number of aromatic nitrogens is 2. The zero-order valence-corrected chi connectivity index (χ0v) is 16.3. The van der Waals surface area contributed by atoms with E-state index in [-0.39, 0.29) is 5.91 Å². The second-order valence-corrected chi connectivity index (χ2v) is 8.27. The molecule has 2 aliphatic heterocycles. The van der Waals surface area contributed by atoms with Gasteiger partial charge in [0.2, 0.25) is 0 Å². The van der Waals surface area contributed by atoms with E-state index in [1.54, 1.807) is 10.9 Å². The molecule has 0 radical (unpaired) electrons. The zero-order chi connectivity index (χ0) is 18.9. The van der Waals surface area contributed by atoms with E-state index in [9.17, 15) is 4.79 Å². The number of carbonyl (C=O) groups is 1. The standard InChI is InChI=1S/C22H28N4O2/c27-22(24-11-1-2-12-24)17-14-23-26(15-17)19-6-8-20(9-7-19)28-21-10-13-25(16-21)18-4-3-5-18/h6-9,14-15,18,21H,1-5,10-13,16H2. The SMILES string of the molecule is O=C(c1cnn(-c2ccc(OC3CCN(C4CCC4)C3)cc2)c1)N1CCCC1. The molecule has 1 atom stereocenters. The molecular weight excluding hydrogens is 352 g/mol. The summed E-state index contributed by atoms with van der Waals surface area (Å²) in [6.45, 7) is 3.92. The number of rotatable bonds is 5. The Morgan fingerprint density at radius 3 is 2.50 bits per heavy atom. The van der Waals surface area contributed by atoms with Crippen molar-refractivity contribution in [1.82, 2.24) is 19.6 Å². The predicted octanol–water partition coefficient (Wildman–Crippen LogP) is 3.11. The molecule has 1 amide bonds. The number of ether oxygens (including phenoxy) is 1. The summed E-state index contributed by atoms with van der Waals surface area (Å²) in [6, 6.07) is 8.82. The molecule has 1 aliphatic carbocycles. The molecule has 148 valence electrons. The molecule has 3 aliphatic rings. The van der Waals surface area contributed by atoms with E-state index in [0.717, 1.165) is 62.9 Å². The van der Waals surface area contributed by atoms with E-state index >= 15 is 0 Å². The van der Waals surface area contributed by atoms with Gasteiger partial charge in [0.05, 0.1) is 17.4 Å². The first kappa shape index (κ1) is 17.7. The molecule has 1 aromatic carbocycles. The van der Waals surface area contributed by atoms with Gasteiger partial charge in [-0.25, -0.2) is 4.68 Å². The minimum Gasteiger partial charge on any atom is -0.489 e. The average Bonchev–Trinajstić information content (AvgIpc) is 3.43. The van der Waals surface area contributed by atoms with Crippen LogP contribution in [0.2, 0.25) is 0 Å². The van der Waals surface area contributed by atoms with Gasteiger partial charge in [-0.15, -0.1) is 0 Å². The van der Waals surface area contributed by atoms with Crippen molar-refractivity contribution in [3.63, 3.8) is 0 Å². The highest BCUT2D eigenvalue weighted by molar-refractivity contribution is 5.94. The Kier molecular flexibility index (Phi) is 4.81. The summed E-state index contributed by atoms with van der Waals surface area (Å²) in [4.78, 5) is 17.0. The van der Waals surface area contributed by atoms with E-state index in [1.807, 2.05) is 35.4 Å². The van der Waals surface area contributed by atoms with Crippen LogP contribution in [0.3, 0.4) is 0 Å². The fraction of sp³-hybridized carbons (Fsp3) is 0.545. The summed E-state index contributed by atoms with van der Waals surface area (Å²) in [5.41, 5.74) is 1.60. The van der Waals surface area contributed by atoms with Crippen LogP contribution in [0.5, 0.6) is 5.75 Å². The van der Waals surface area contributed by atoms with Gasteiger partial charge in [0.15, 0.2) is 0 Å². The van der Waals surface area contributed by atoms with Gasteiger partial charge in [0, 0.05) is 38.4 Å². The Morgan fingerprint density at radius 1 is 1.00 bits per heavy atom. The lowest BCUT2D eigenvalue weighted by atomic mass is 9.92. The van der Waals surface area contributed by atoms with Crippen LogP contribution in [0.4, 0.5) is 0 Å². The molecule has 1 unspecified atom stereocenters. The van der Waals surface area contributed by atoms with E-state index < -0.39 is 0 Å². The van der Waals surface area contributed by atoms with Crippen LogP contribution in [0.1, 0.15) is 48.9 Å². The van der Waals surface area contributed by atoms with Crippen molar-refractivity contribution >= 4 is 5.91 Å². The van der Waals surface area contributed by atoms with E-state index in [4.69, 9.17) is 4.74 Å². The van der Waals surface area contributed by atoms with Gasteiger partial charge in [-0.05, 0) is 56.4 Å². The summed E-state index contributed by atoms with van der Waals surface area (Å²) < 4.78 is 7.96. The monoisotopic (exact) mass is 380 g/mol. The Labute approximate surface area is 166 Å². The Bertz CT molecular complexity index is 821. The maximum Gasteiger partial charge on any atom is 0.257 e. The summed E-state index contributed by atoms with van der Waals surface area (Å²) >= 11 is 0. The summed E-state index contributed by atoms with van der Waals surface area (Å²) in [5.74, 6) is 0.991. The maximum absolute atomic E-state index is 12.5. The van der Waals surface area contributed by atoms with Crippen molar-refractivity contribution in [3.8, 4) is 11.4 Å². The lowest BCUT2D eigenvalue weighted by Crippen LogP contribution is -2.39.